The molecule has 9 nitrogen and oxygen atoms in total. The molecular weight excluding hydrogens is 534 g/mol. The lowest BCUT2D eigenvalue weighted by Gasteiger charge is -2.25. The van der Waals surface area contributed by atoms with Gasteiger partial charge in [-0.25, -0.2) is 9.97 Å². The van der Waals surface area contributed by atoms with Crippen molar-refractivity contribution in [3.63, 3.8) is 0 Å². The van der Waals surface area contributed by atoms with Crippen molar-refractivity contribution in [3.8, 4) is 0 Å². The van der Waals surface area contributed by atoms with Gasteiger partial charge >= 0.3 is 0 Å². The number of thiazole rings is 1. The van der Waals surface area contributed by atoms with Crippen LogP contribution in [0.1, 0.15) is 42.0 Å². The Kier molecular flexibility index (Phi) is 6.54. The van der Waals surface area contributed by atoms with Crippen LogP contribution in [0.4, 0.5) is 5.95 Å². The van der Waals surface area contributed by atoms with Crippen molar-refractivity contribution >= 4 is 50.8 Å². The van der Waals surface area contributed by atoms with Gasteiger partial charge in [-0.2, -0.15) is 0 Å². The molecular formula is C31H25N7O2S. The summed E-state index contributed by atoms with van der Waals surface area (Å²) in [6.45, 7) is 2.59. The molecule has 0 saturated carbocycles. The van der Waals surface area contributed by atoms with Crippen LogP contribution in [0.3, 0.4) is 0 Å². The highest BCUT2D eigenvalue weighted by molar-refractivity contribution is 7.11. The van der Waals surface area contributed by atoms with E-state index in [0.717, 1.165) is 47.5 Å². The van der Waals surface area contributed by atoms with Gasteiger partial charge in [-0.3, -0.25) is 29.8 Å². The molecule has 1 aliphatic rings. The fraction of sp³-hybridized carbons (Fsp3) is 0.161. The van der Waals surface area contributed by atoms with E-state index in [0.29, 0.717) is 16.6 Å². The number of aromatic amines is 1. The Hall–Kier alpha value is -4.80. The van der Waals surface area contributed by atoms with Gasteiger partial charge in [-0.05, 0) is 35.2 Å². The van der Waals surface area contributed by atoms with Crippen molar-refractivity contribution < 1.29 is 9.59 Å². The SMILES string of the molecule is O=C(Nc1nc2c(C(=O)Cc3nc4c(s3)CN(Cc3cccnc3)CC4)cccc2[nH]1)c1cc2ccccc2cn1. The van der Waals surface area contributed by atoms with Crippen LogP contribution in [0.15, 0.2) is 79.3 Å². The van der Waals surface area contributed by atoms with Crippen molar-refractivity contribution in [1.82, 2.24) is 29.8 Å². The van der Waals surface area contributed by atoms with Gasteiger partial charge in [0.2, 0.25) is 5.95 Å². The van der Waals surface area contributed by atoms with E-state index in [2.05, 4.69) is 36.2 Å². The molecule has 10 heteroatoms. The van der Waals surface area contributed by atoms with Crippen LogP contribution in [-0.2, 0) is 25.9 Å². The number of para-hydroxylation sites is 1. The fourth-order valence-corrected chi connectivity index (χ4v) is 6.35. The van der Waals surface area contributed by atoms with Crippen molar-refractivity contribution in [2.24, 2.45) is 0 Å². The van der Waals surface area contributed by atoms with Gasteiger partial charge in [0, 0.05) is 60.5 Å². The maximum absolute atomic E-state index is 13.4. The molecule has 0 saturated heterocycles. The Labute approximate surface area is 239 Å². The number of fused-ring (bicyclic) bond motifs is 3. The molecule has 2 aromatic carbocycles. The van der Waals surface area contributed by atoms with Gasteiger partial charge in [-0.1, -0.05) is 36.4 Å². The molecule has 2 N–H and O–H groups in total. The van der Waals surface area contributed by atoms with Crippen molar-refractivity contribution in [2.45, 2.75) is 25.9 Å². The van der Waals surface area contributed by atoms with Gasteiger partial charge in [0.1, 0.15) is 16.2 Å². The second kappa shape index (κ2) is 10.6. The minimum absolute atomic E-state index is 0.0607. The van der Waals surface area contributed by atoms with Crippen molar-refractivity contribution in [1.29, 1.82) is 0 Å². The first-order valence-corrected chi connectivity index (χ1v) is 14.2. The largest absolute Gasteiger partial charge is 0.324 e. The van der Waals surface area contributed by atoms with E-state index in [9.17, 15) is 9.59 Å². The van der Waals surface area contributed by atoms with Crippen LogP contribution in [0.5, 0.6) is 0 Å². The summed E-state index contributed by atoms with van der Waals surface area (Å²) in [6.07, 6.45) is 6.43. The second-order valence-electron chi connectivity index (χ2n) is 10.1. The molecule has 0 aliphatic carbocycles. The Balaban J connectivity index is 1.06. The van der Waals surface area contributed by atoms with Gasteiger partial charge < -0.3 is 4.98 Å². The zero-order valence-corrected chi connectivity index (χ0v) is 22.8. The summed E-state index contributed by atoms with van der Waals surface area (Å²) in [7, 11) is 0. The van der Waals surface area contributed by atoms with Crippen LogP contribution in [0.2, 0.25) is 0 Å². The standard InChI is InChI=1S/C31H25N7O2S/c39-26(14-28-34-23-10-12-38(18-27(23)41-28)17-19-5-4-11-32-15-19)22-8-3-9-24-29(22)36-31(35-24)37-30(40)25-13-20-6-1-2-7-21(20)16-33-25/h1-9,11,13,15-16H,10,12,14,17-18H2,(H2,35,36,37,40). The van der Waals surface area contributed by atoms with Gasteiger partial charge in [0.05, 0.1) is 17.6 Å². The lowest BCUT2D eigenvalue weighted by Crippen LogP contribution is -2.29. The Morgan fingerprint density at radius 2 is 1.90 bits per heavy atom. The van der Waals surface area contributed by atoms with E-state index in [4.69, 9.17) is 4.98 Å². The first-order valence-electron chi connectivity index (χ1n) is 13.4. The van der Waals surface area contributed by atoms with Crippen molar-refractivity contribution in [2.75, 3.05) is 11.9 Å². The summed E-state index contributed by atoms with van der Waals surface area (Å²) in [4.78, 5) is 50.9. The summed E-state index contributed by atoms with van der Waals surface area (Å²) in [6, 6.07) is 18.9. The highest BCUT2D eigenvalue weighted by Gasteiger charge is 2.23. The van der Waals surface area contributed by atoms with Crippen LogP contribution in [0.25, 0.3) is 21.8 Å². The lowest BCUT2D eigenvalue weighted by molar-refractivity contribution is 0.0992. The number of carbonyl (C=O) groups is 2. The van der Waals surface area contributed by atoms with Crippen LogP contribution >= 0.6 is 11.3 Å². The monoisotopic (exact) mass is 559 g/mol. The van der Waals surface area contributed by atoms with Crippen molar-refractivity contribution in [3.05, 3.63) is 112 Å². The molecule has 1 amide bonds. The highest BCUT2D eigenvalue weighted by Crippen LogP contribution is 2.28. The number of imidazole rings is 1. The van der Waals surface area contributed by atoms with Crippen LogP contribution in [0, 0.1) is 0 Å². The summed E-state index contributed by atoms with van der Waals surface area (Å²) in [5.74, 6) is -0.179. The fourth-order valence-electron chi connectivity index (χ4n) is 5.19. The molecule has 5 heterocycles. The summed E-state index contributed by atoms with van der Waals surface area (Å²) >= 11 is 1.61. The third-order valence-electron chi connectivity index (χ3n) is 7.20. The molecule has 7 rings (SSSR count). The number of nitrogens with one attached hydrogen (secondary N) is 2. The molecule has 4 aromatic heterocycles. The number of H-pyrrole nitrogens is 1. The molecule has 41 heavy (non-hydrogen) atoms. The Bertz CT molecular complexity index is 1910. The first-order chi connectivity index (χ1) is 20.1. The number of Topliss-reactive ketones (excluding diaryl/α,β-unsaturated/α-hetero) is 1. The summed E-state index contributed by atoms with van der Waals surface area (Å²) in [5, 5.41) is 5.48. The molecule has 0 atom stereocenters. The minimum Gasteiger partial charge on any atom is -0.324 e. The van der Waals surface area contributed by atoms with Crippen LogP contribution < -0.4 is 5.32 Å². The minimum atomic E-state index is -0.381. The summed E-state index contributed by atoms with van der Waals surface area (Å²) < 4.78 is 0. The number of ketones is 1. The molecule has 1 aliphatic heterocycles. The van der Waals surface area contributed by atoms with E-state index in [1.54, 1.807) is 35.9 Å². The van der Waals surface area contributed by atoms with Crippen LogP contribution in [-0.4, -0.2) is 48.1 Å². The number of aromatic nitrogens is 5. The maximum Gasteiger partial charge on any atom is 0.276 e. The zero-order chi connectivity index (χ0) is 27.8. The normalized spacial score (nSPS) is 13.4. The van der Waals surface area contributed by atoms with Gasteiger partial charge in [0.25, 0.3) is 5.91 Å². The number of anilines is 1. The first kappa shape index (κ1) is 25.2. The molecule has 202 valence electrons. The smallest absolute Gasteiger partial charge is 0.276 e. The Morgan fingerprint density at radius 3 is 2.78 bits per heavy atom. The highest BCUT2D eigenvalue weighted by atomic mass is 32.1. The number of pyridine rings is 2. The molecule has 0 spiro atoms. The third-order valence-corrected chi connectivity index (χ3v) is 8.29. The van der Waals surface area contributed by atoms with E-state index in [1.165, 1.54) is 10.4 Å². The number of benzene rings is 2. The number of amides is 1. The average Bonchev–Trinajstić information content (AvgIpc) is 3.59. The molecule has 0 fully saturated rings. The number of rotatable bonds is 7. The lowest BCUT2D eigenvalue weighted by atomic mass is 10.1. The van der Waals surface area contributed by atoms with E-state index >= 15 is 0 Å². The number of hydrogen-bond donors (Lipinski definition) is 2. The van der Waals surface area contributed by atoms with E-state index < -0.39 is 0 Å². The molecule has 6 aromatic rings. The van der Waals surface area contributed by atoms with Gasteiger partial charge in [0.15, 0.2) is 5.78 Å². The number of carbonyl (C=O) groups excluding carboxylic acids is 2. The molecule has 0 bridgehead atoms. The maximum atomic E-state index is 13.4. The van der Waals surface area contributed by atoms with Gasteiger partial charge in [-0.15, -0.1) is 11.3 Å². The zero-order valence-electron chi connectivity index (χ0n) is 22.0. The number of hydrogen-bond acceptors (Lipinski definition) is 8. The third kappa shape index (κ3) is 5.22. The van der Waals surface area contributed by atoms with E-state index in [-0.39, 0.29) is 29.8 Å². The Morgan fingerprint density at radius 1 is 1.00 bits per heavy atom. The number of nitrogens with zero attached hydrogens (tertiary/aromatic N) is 5. The molecule has 0 unspecified atom stereocenters. The predicted octanol–water partition coefficient (Wildman–Crippen LogP) is 5.20. The predicted molar refractivity (Wildman–Crippen MR) is 158 cm³/mol. The second-order valence-corrected chi connectivity index (χ2v) is 11.2. The topological polar surface area (TPSA) is 117 Å². The average molecular weight is 560 g/mol. The van der Waals surface area contributed by atoms with E-state index in [1.807, 2.05) is 48.7 Å². The molecule has 0 radical (unpaired) electrons. The summed E-state index contributed by atoms with van der Waals surface area (Å²) in [5.41, 5.74) is 4.24. The quantitative estimate of drug-likeness (QED) is 0.258.